The Labute approximate surface area is 125 Å². The Morgan fingerprint density at radius 2 is 1.81 bits per heavy atom. The largest absolute Gasteiger partial charge is 0.497 e. The molecule has 0 heterocycles. The maximum Gasteiger partial charge on any atom is 0.248 e. The molecule has 108 valence electrons. The smallest absolute Gasteiger partial charge is 0.248 e. The fourth-order valence-electron chi connectivity index (χ4n) is 1.93. The van der Waals surface area contributed by atoms with Gasteiger partial charge in [-0.05, 0) is 54.8 Å². The van der Waals surface area contributed by atoms with Gasteiger partial charge in [0.15, 0.2) is 0 Å². The summed E-state index contributed by atoms with van der Waals surface area (Å²) in [6.45, 7) is 3.98. The number of rotatable bonds is 4. The Bertz CT molecular complexity index is 657. The van der Waals surface area contributed by atoms with E-state index in [1.54, 1.807) is 13.2 Å². The van der Waals surface area contributed by atoms with Gasteiger partial charge >= 0.3 is 0 Å². The Morgan fingerprint density at radius 1 is 1.10 bits per heavy atom. The molecule has 21 heavy (non-hydrogen) atoms. The highest BCUT2D eigenvalue weighted by molar-refractivity contribution is 6.02. The van der Waals surface area contributed by atoms with E-state index < -0.39 is 0 Å². The number of ether oxygens (including phenoxy) is 1. The predicted octanol–water partition coefficient (Wildman–Crippen LogP) is 3.96. The molecule has 0 aromatic heterocycles. The minimum Gasteiger partial charge on any atom is -0.497 e. The van der Waals surface area contributed by atoms with E-state index in [1.807, 2.05) is 56.3 Å². The monoisotopic (exact) mass is 281 g/mol. The zero-order chi connectivity index (χ0) is 15.2. The van der Waals surface area contributed by atoms with E-state index in [2.05, 4.69) is 5.32 Å². The Balaban J connectivity index is 2.03. The van der Waals surface area contributed by atoms with Crippen molar-refractivity contribution in [1.82, 2.24) is 0 Å². The molecule has 0 unspecified atom stereocenters. The van der Waals surface area contributed by atoms with Crippen LogP contribution in [0.4, 0.5) is 5.69 Å². The number of aryl methyl sites for hydroxylation is 2. The van der Waals surface area contributed by atoms with Crippen LogP contribution in [0.15, 0.2) is 48.5 Å². The third-order valence-corrected chi connectivity index (χ3v) is 3.19. The number of benzene rings is 2. The lowest BCUT2D eigenvalue weighted by atomic mass is 10.1. The van der Waals surface area contributed by atoms with Crippen molar-refractivity contribution in [3.05, 3.63) is 65.2 Å². The van der Waals surface area contributed by atoms with Crippen LogP contribution in [0.2, 0.25) is 0 Å². The molecule has 0 saturated carbocycles. The van der Waals surface area contributed by atoms with Crippen LogP contribution in [0, 0.1) is 13.8 Å². The zero-order valence-corrected chi connectivity index (χ0v) is 12.5. The standard InChI is InChI=1S/C18H19NO2/c1-13-4-5-14(2)17(12-13)19-18(20)11-8-15-6-9-16(21-3)10-7-15/h4-12H,1-3H3,(H,19,20)/b11-8+. The Kier molecular flexibility index (Phi) is 4.77. The number of anilines is 1. The topological polar surface area (TPSA) is 38.3 Å². The van der Waals surface area contributed by atoms with Gasteiger partial charge in [0, 0.05) is 11.8 Å². The number of hydrogen-bond donors (Lipinski definition) is 1. The van der Waals surface area contributed by atoms with E-state index in [4.69, 9.17) is 4.74 Å². The average Bonchev–Trinajstić information content (AvgIpc) is 2.49. The summed E-state index contributed by atoms with van der Waals surface area (Å²) in [7, 11) is 1.63. The molecule has 0 aliphatic carbocycles. The number of hydrogen-bond acceptors (Lipinski definition) is 2. The molecule has 0 radical (unpaired) electrons. The minimum absolute atomic E-state index is 0.139. The summed E-state index contributed by atoms with van der Waals surface area (Å²) in [4.78, 5) is 11.9. The molecule has 0 fully saturated rings. The lowest BCUT2D eigenvalue weighted by Crippen LogP contribution is -2.09. The van der Waals surface area contributed by atoms with Gasteiger partial charge in [-0.2, -0.15) is 0 Å². The second-order valence-electron chi connectivity index (χ2n) is 4.91. The highest BCUT2D eigenvalue weighted by atomic mass is 16.5. The SMILES string of the molecule is COc1ccc(/C=C/C(=O)Nc2cc(C)ccc2C)cc1. The summed E-state index contributed by atoms with van der Waals surface area (Å²) >= 11 is 0. The summed E-state index contributed by atoms with van der Waals surface area (Å²) in [6.07, 6.45) is 3.31. The molecule has 0 spiro atoms. The van der Waals surface area contributed by atoms with Crippen molar-refractivity contribution in [2.75, 3.05) is 12.4 Å². The zero-order valence-electron chi connectivity index (χ0n) is 12.5. The van der Waals surface area contributed by atoms with E-state index in [-0.39, 0.29) is 5.91 Å². The molecule has 0 atom stereocenters. The highest BCUT2D eigenvalue weighted by Crippen LogP contribution is 2.16. The molecular formula is C18H19NO2. The van der Waals surface area contributed by atoms with E-state index in [9.17, 15) is 4.79 Å². The molecule has 2 rings (SSSR count). The van der Waals surface area contributed by atoms with Crippen molar-refractivity contribution >= 4 is 17.7 Å². The van der Waals surface area contributed by atoms with Gasteiger partial charge < -0.3 is 10.1 Å². The van der Waals surface area contributed by atoms with Crippen molar-refractivity contribution in [2.24, 2.45) is 0 Å². The van der Waals surface area contributed by atoms with Gasteiger partial charge in [0.1, 0.15) is 5.75 Å². The van der Waals surface area contributed by atoms with Crippen molar-refractivity contribution < 1.29 is 9.53 Å². The van der Waals surface area contributed by atoms with E-state index in [0.717, 1.165) is 28.1 Å². The number of carbonyl (C=O) groups is 1. The maximum absolute atomic E-state index is 11.9. The highest BCUT2D eigenvalue weighted by Gasteiger charge is 2.01. The number of methoxy groups -OCH3 is 1. The molecule has 3 nitrogen and oxygen atoms in total. The first-order valence-electron chi connectivity index (χ1n) is 6.79. The third kappa shape index (κ3) is 4.21. The van der Waals surface area contributed by atoms with Crippen molar-refractivity contribution in [3.63, 3.8) is 0 Å². The first-order valence-corrected chi connectivity index (χ1v) is 6.79. The van der Waals surface area contributed by atoms with Crippen LogP contribution in [0.1, 0.15) is 16.7 Å². The Morgan fingerprint density at radius 3 is 2.48 bits per heavy atom. The molecule has 0 aliphatic rings. The second-order valence-corrected chi connectivity index (χ2v) is 4.91. The van der Waals surface area contributed by atoms with Crippen molar-refractivity contribution in [3.8, 4) is 5.75 Å². The summed E-state index contributed by atoms with van der Waals surface area (Å²) in [6, 6.07) is 13.5. The van der Waals surface area contributed by atoms with Crippen LogP contribution in [-0.2, 0) is 4.79 Å². The Hall–Kier alpha value is -2.55. The quantitative estimate of drug-likeness (QED) is 0.861. The van der Waals surface area contributed by atoms with Gasteiger partial charge in [0.25, 0.3) is 0 Å². The van der Waals surface area contributed by atoms with Gasteiger partial charge in [-0.25, -0.2) is 0 Å². The summed E-state index contributed by atoms with van der Waals surface area (Å²) < 4.78 is 5.09. The van der Waals surface area contributed by atoms with E-state index >= 15 is 0 Å². The van der Waals surface area contributed by atoms with E-state index in [0.29, 0.717) is 0 Å². The van der Waals surface area contributed by atoms with Crippen molar-refractivity contribution in [2.45, 2.75) is 13.8 Å². The molecule has 0 aliphatic heterocycles. The average molecular weight is 281 g/mol. The van der Waals surface area contributed by atoms with E-state index in [1.165, 1.54) is 6.08 Å². The van der Waals surface area contributed by atoms with Crippen LogP contribution in [0.5, 0.6) is 5.75 Å². The molecule has 0 saturated heterocycles. The fourth-order valence-corrected chi connectivity index (χ4v) is 1.93. The van der Waals surface area contributed by atoms with Crippen LogP contribution in [-0.4, -0.2) is 13.0 Å². The molecule has 1 amide bonds. The van der Waals surface area contributed by atoms with Crippen LogP contribution in [0.3, 0.4) is 0 Å². The van der Waals surface area contributed by atoms with Gasteiger partial charge in [-0.1, -0.05) is 24.3 Å². The van der Waals surface area contributed by atoms with Gasteiger partial charge in [-0.15, -0.1) is 0 Å². The third-order valence-electron chi connectivity index (χ3n) is 3.19. The molecule has 0 bridgehead atoms. The fraction of sp³-hybridized carbons (Fsp3) is 0.167. The van der Waals surface area contributed by atoms with Gasteiger partial charge in [0.2, 0.25) is 5.91 Å². The first kappa shape index (κ1) is 14.9. The predicted molar refractivity (Wildman–Crippen MR) is 86.6 cm³/mol. The first-order chi connectivity index (χ1) is 10.1. The summed E-state index contributed by atoms with van der Waals surface area (Å²) in [5.74, 6) is 0.659. The number of carbonyl (C=O) groups excluding carboxylic acids is 1. The van der Waals surface area contributed by atoms with Crippen LogP contribution >= 0.6 is 0 Å². The number of amides is 1. The summed E-state index contributed by atoms with van der Waals surface area (Å²) in [5.41, 5.74) is 3.97. The van der Waals surface area contributed by atoms with Gasteiger partial charge in [-0.3, -0.25) is 4.79 Å². The summed E-state index contributed by atoms with van der Waals surface area (Å²) in [5, 5.41) is 2.89. The van der Waals surface area contributed by atoms with Gasteiger partial charge in [0.05, 0.1) is 7.11 Å². The molecular weight excluding hydrogens is 262 g/mol. The minimum atomic E-state index is -0.139. The van der Waals surface area contributed by atoms with Crippen LogP contribution in [0.25, 0.3) is 6.08 Å². The lowest BCUT2D eigenvalue weighted by Gasteiger charge is -2.07. The normalized spacial score (nSPS) is 10.6. The molecule has 1 N–H and O–H groups in total. The molecule has 2 aromatic carbocycles. The number of nitrogens with one attached hydrogen (secondary N) is 1. The van der Waals surface area contributed by atoms with Crippen molar-refractivity contribution in [1.29, 1.82) is 0 Å². The van der Waals surface area contributed by atoms with Crippen LogP contribution < -0.4 is 10.1 Å². The molecule has 2 aromatic rings. The molecule has 3 heteroatoms. The second kappa shape index (κ2) is 6.75. The maximum atomic E-state index is 11.9. The lowest BCUT2D eigenvalue weighted by molar-refractivity contribution is -0.111.